The number of ketones is 1. The zero-order chi connectivity index (χ0) is 24.5. The van der Waals surface area contributed by atoms with E-state index in [-0.39, 0.29) is 34.4 Å². The molecule has 4 rings (SSSR count). The summed E-state index contributed by atoms with van der Waals surface area (Å²) in [6.45, 7) is 12.9. The number of rotatable bonds is 5. The van der Waals surface area contributed by atoms with E-state index in [0.717, 1.165) is 25.7 Å². The number of aliphatic hydroxyl groups excluding tert-OH is 4. The zero-order valence-electron chi connectivity index (χ0n) is 21.6. The number of fused-ring (bicyclic) bond motifs is 5. The van der Waals surface area contributed by atoms with Crippen LogP contribution in [0, 0.1) is 58.2 Å². The second-order valence-electron chi connectivity index (χ2n) is 13.4. The van der Waals surface area contributed by atoms with Gasteiger partial charge in [0.1, 0.15) is 5.78 Å². The van der Waals surface area contributed by atoms with Crippen LogP contribution in [0.5, 0.6) is 0 Å². The van der Waals surface area contributed by atoms with Crippen LogP contribution in [-0.2, 0) is 4.79 Å². The van der Waals surface area contributed by atoms with Crippen LogP contribution in [0.4, 0.5) is 0 Å². The minimum absolute atomic E-state index is 0.0158. The molecule has 0 aromatic heterocycles. The Labute approximate surface area is 200 Å². The van der Waals surface area contributed by atoms with E-state index < -0.39 is 24.4 Å². The first-order valence-corrected chi connectivity index (χ1v) is 13.6. The molecule has 33 heavy (non-hydrogen) atoms. The quantitative estimate of drug-likeness (QED) is 0.496. The lowest BCUT2D eigenvalue weighted by atomic mass is 9.44. The predicted molar refractivity (Wildman–Crippen MR) is 128 cm³/mol. The molecule has 6 unspecified atom stereocenters. The minimum Gasteiger partial charge on any atom is -0.390 e. The molecular formula is C28H48O5. The minimum atomic E-state index is -0.782. The number of Topliss-reactive ketones (excluding diaryl/α,β-unsaturated/α-hetero) is 1. The number of carbonyl (C=O) groups excluding carboxylic acids is 1. The van der Waals surface area contributed by atoms with Crippen LogP contribution in [0.2, 0.25) is 0 Å². The molecule has 190 valence electrons. The van der Waals surface area contributed by atoms with Crippen LogP contribution in [0.15, 0.2) is 0 Å². The normalized spacial score (nSPS) is 49.1. The molecule has 0 spiro atoms. The average Bonchev–Trinajstić information content (AvgIpc) is 3.10. The first-order chi connectivity index (χ1) is 15.3. The monoisotopic (exact) mass is 464 g/mol. The van der Waals surface area contributed by atoms with Gasteiger partial charge in [0.2, 0.25) is 0 Å². The van der Waals surface area contributed by atoms with Crippen molar-refractivity contribution >= 4 is 5.78 Å². The standard InChI is InChI=1S/C28H48O5/c1-14(2)15(3)25(32)26(33)16(4)18-7-8-19-17-11-22(29)21-12-23(30)24(31)13-28(21,6)20(17)9-10-27(18,19)5/h14-21,23-26,30-33H,7-13H2,1-6H3/t15-,16?,17?,18-,19?,20?,21-,23?,24?,25-,26-,27-,28-/m1/s1. The Kier molecular flexibility index (Phi) is 6.88. The molecule has 0 heterocycles. The van der Waals surface area contributed by atoms with Crippen LogP contribution in [-0.4, -0.2) is 50.6 Å². The van der Waals surface area contributed by atoms with Crippen LogP contribution < -0.4 is 0 Å². The second-order valence-corrected chi connectivity index (χ2v) is 13.4. The third-order valence-electron chi connectivity index (χ3n) is 11.7. The summed E-state index contributed by atoms with van der Waals surface area (Å²) in [5, 5.41) is 42.8. The summed E-state index contributed by atoms with van der Waals surface area (Å²) in [5.74, 6) is 2.05. The van der Waals surface area contributed by atoms with Gasteiger partial charge < -0.3 is 20.4 Å². The van der Waals surface area contributed by atoms with E-state index in [9.17, 15) is 25.2 Å². The van der Waals surface area contributed by atoms with E-state index >= 15 is 0 Å². The van der Waals surface area contributed by atoms with Crippen LogP contribution in [0.1, 0.15) is 86.5 Å². The number of aliphatic hydroxyl groups is 4. The molecule has 4 saturated carbocycles. The Hall–Kier alpha value is -0.490. The van der Waals surface area contributed by atoms with E-state index in [1.165, 1.54) is 0 Å². The van der Waals surface area contributed by atoms with Crippen molar-refractivity contribution < 1.29 is 25.2 Å². The van der Waals surface area contributed by atoms with Gasteiger partial charge in [-0.15, -0.1) is 0 Å². The Morgan fingerprint density at radius 2 is 1.52 bits per heavy atom. The van der Waals surface area contributed by atoms with Crippen molar-refractivity contribution in [2.24, 2.45) is 58.2 Å². The molecule has 4 aliphatic rings. The van der Waals surface area contributed by atoms with E-state index in [0.29, 0.717) is 48.9 Å². The molecule has 5 nitrogen and oxygen atoms in total. The SMILES string of the molecule is CC(C)[C@@H](C)[C@@H](O)[C@H](O)C(C)[C@H]1CCC2C3CC(=O)[C@H]4CC(O)C(O)C[C@]4(C)C3CC[C@@]21C. The van der Waals surface area contributed by atoms with Gasteiger partial charge in [-0.1, -0.05) is 41.5 Å². The summed E-state index contributed by atoms with van der Waals surface area (Å²) in [4.78, 5) is 13.3. The van der Waals surface area contributed by atoms with Crippen molar-refractivity contribution in [2.45, 2.75) is 111 Å². The lowest BCUT2D eigenvalue weighted by Crippen LogP contribution is -2.59. The second kappa shape index (κ2) is 8.87. The Balaban J connectivity index is 1.56. The Morgan fingerprint density at radius 1 is 0.879 bits per heavy atom. The first kappa shape index (κ1) is 25.6. The lowest BCUT2D eigenvalue weighted by Gasteiger charge is -2.61. The molecule has 4 aliphatic carbocycles. The fourth-order valence-electron chi connectivity index (χ4n) is 9.23. The first-order valence-electron chi connectivity index (χ1n) is 13.6. The highest BCUT2D eigenvalue weighted by Crippen LogP contribution is 2.67. The molecule has 0 aliphatic heterocycles. The van der Waals surface area contributed by atoms with Gasteiger partial charge in [-0.2, -0.15) is 0 Å². The number of hydrogen-bond acceptors (Lipinski definition) is 5. The Morgan fingerprint density at radius 3 is 2.15 bits per heavy atom. The molecule has 0 aromatic carbocycles. The largest absolute Gasteiger partial charge is 0.390 e. The van der Waals surface area contributed by atoms with Crippen molar-refractivity contribution in [3.8, 4) is 0 Å². The van der Waals surface area contributed by atoms with Gasteiger partial charge in [0.15, 0.2) is 0 Å². The third-order valence-corrected chi connectivity index (χ3v) is 11.7. The molecule has 4 fully saturated rings. The van der Waals surface area contributed by atoms with Crippen molar-refractivity contribution in [1.29, 1.82) is 0 Å². The lowest BCUT2D eigenvalue weighted by molar-refractivity contribution is -0.175. The van der Waals surface area contributed by atoms with E-state index in [1.807, 2.05) is 6.92 Å². The highest BCUT2D eigenvalue weighted by atomic mass is 16.3. The predicted octanol–water partition coefficient (Wildman–Crippen LogP) is 3.81. The van der Waals surface area contributed by atoms with E-state index in [2.05, 4.69) is 34.6 Å². The fraction of sp³-hybridized carbons (Fsp3) is 0.964. The molecule has 0 saturated heterocycles. The highest BCUT2D eigenvalue weighted by molar-refractivity contribution is 5.83. The summed E-state index contributed by atoms with van der Waals surface area (Å²) >= 11 is 0. The summed E-state index contributed by atoms with van der Waals surface area (Å²) in [6.07, 6.45) is 2.80. The van der Waals surface area contributed by atoms with Gasteiger partial charge in [-0.25, -0.2) is 0 Å². The van der Waals surface area contributed by atoms with Crippen molar-refractivity contribution in [1.82, 2.24) is 0 Å². The third kappa shape index (κ3) is 3.93. The van der Waals surface area contributed by atoms with Crippen LogP contribution >= 0.6 is 0 Å². The van der Waals surface area contributed by atoms with Crippen molar-refractivity contribution in [3.63, 3.8) is 0 Å². The maximum Gasteiger partial charge on any atom is 0.136 e. The van der Waals surface area contributed by atoms with Gasteiger partial charge in [-0.3, -0.25) is 4.79 Å². The molecular weight excluding hydrogens is 416 g/mol. The average molecular weight is 465 g/mol. The van der Waals surface area contributed by atoms with E-state index in [4.69, 9.17) is 0 Å². The maximum atomic E-state index is 13.3. The molecule has 0 radical (unpaired) electrons. The maximum absolute atomic E-state index is 13.3. The number of hydrogen-bond donors (Lipinski definition) is 4. The van der Waals surface area contributed by atoms with Crippen LogP contribution in [0.25, 0.3) is 0 Å². The Bertz CT molecular complexity index is 738. The molecule has 0 bridgehead atoms. The van der Waals surface area contributed by atoms with Crippen molar-refractivity contribution in [3.05, 3.63) is 0 Å². The zero-order valence-corrected chi connectivity index (χ0v) is 21.6. The van der Waals surface area contributed by atoms with Gasteiger partial charge in [0, 0.05) is 12.3 Å². The summed E-state index contributed by atoms with van der Waals surface area (Å²) in [7, 11) is 0. The summed E-state index contributed by atoms with van der Waals surface area (Å²) in [5.41, 5.74) is -0.162. The molecule has 5 heteroatoms. The molecule has 4 N–H and O–H groups in total. The van der Waals surface area contributed by atoms with Gasteiger partial charge in [0.25, 0.3) is 0 Å². The highest BCUT2D eigenvalue weighted by Gasteiger charge is 2.63. The topological polar surface area (TPSA) is 98.0 Å². The van der Waals surface area contributed by atoms with E-state index in [1.54, 1.807) is 0 Å². The van der Waals surface area contributed by atoms with Gasteiger partial charge >= 0.3 is 0 Å². The van der Waals surface area contributed by atoms with Crippen molar-refractivity contribution in [2.75, 3.05) is 0 Å². The summed E-state index contributed by atoms with van der Waals surface area (Å²) < 4.78 is 0. The van der Waals surface area contributed by atoms with Gasteiger partial charge in [0.05, 0.1) is 24.4 Å². The summed E-state index contributed by atoms with van der Waals surface area (Å²) in [6, 6.07) is 0. The van der Waals surface area contributed by atoms with Crippen LogP contribution in [0.3, 0.4) is 0 Å². The smallest absolute Gasteiger partial charge is 0.136 e. The number of carbonyl (C=O) groups is 1. The molecule has 0 amide bonds. The molecule has 13 atom stereocenters. The van der Waals surface area contributed by atoms with Gasteiger partial charge in [-0.05, 0) is 90.8 Å². The molecule has 0 aromatic rings. The fourth-order valence-corrected chi connectivity index (χ4v) is 9.23.